The third-order valence-electron chi connectivity index (χ3n) is 2.04. The second-order valence-electron chi connectivity index (χ2n) is 3.47. The Morgan fingerprint density at radius 1 is 1.50 bits per heavy atom. The van der Waals surface area contributed by atoms with Gasteiger partial charge >= 0.3 is 0 Å². The fraction of sp³-hybridized carbons (Fsp3) is 0.667. The first-order chi connectivity index (χ1) is 7.53. The molecule has 1 aromatic rings. The molecule has 1 aromatic heterocycles. The Hall–Kier alpha value is -0.920. The van der Waals surface area contributed by atoms with Gasteiger partial charge in [-0.1, -0.05) is 6.92 Å². The van der Waals surface area contributed by atoms with Crippen molar-refractivity contribution in [2.24, 2.45) is 7.05 Å². The van der Waals surface area contributed by atoms with Crippen molar-refractivity contribution in [3.8, 4) is 0 Å². The maximum atomic E-state index is 11.5. The van der Waals surface area contributed by atoms with E-state index in [0.717, 1.165) is 12.2 Å². The maximum absolute atomic E-state index is 11.5. The number of nitrogens with zero attached hydrogens (tertiary/aromatic N) is 2. The molecule has 0 saturated heterocycles. The van der Waals surface area contributed by atoms with Crippen LogP contribution in [0.15, 0.2) is 12.3 Å². The van der Waals surface area contributed by atoms with Crippen LogP contribution in [0.4, 0.5) is 0 Å². The normalized spacial score (nSPS) is 11.9. The van der Waals surface area contributed by atoms with Gasteiger partial charge in [-0.2, -0.15) is 5.10 Å². The highest BCUT2D eigenvalue weighted by molar-refractivity contribution is 7.89. The molecule has 0 aromatic carbocycles. The summed E-state index contributed by atoms with van der Waals surface area (Å²) >= 11 is 0. The van der Waals surface area contributed by atoms with E-state index in [1.807, 2.05) is 6.92 Å². The zero-order chi connectivity index (χ0) is 12.0. The average Bonchev–Trinajstić information content (AvgIpc) is 2.62. The first-order valence-electron chi connectivity index (χ1n) is 5.20. The predicted molar refractivity (Wildman–Crippen MR) is 62.4 cm³/mol. The number of hydrogen-bond acceptors (Lipinski definition) is 4. The molecule has 92 valence electrons. The van der Waals surface area contributed by atoms with Crippen molar-refractivity contribution >= 4 is 10.0 Å². The Morgan fingerprint density at radius 2 is 2.25 bits per heavy atom. The molecule has 0 unspecified atom stereocenters. The summed E-state index contributed by atoms with van der Waals surface area (Å²) in [5.41, 5.74) is 0.717. The molecule has 16 heavy (non-hydrogen) atoms. The van der Waals surface area contributed by atoms with Crippen LogP contribution in [0.2, 0.25) is 0 Å². The van der Waals surface area contributed by atoms with E-state index in [4.69, 9.17) is 0 Å². The van der Waals surface area contributed by atoms with E-state index < -0.39 is 10.0 Å². The highest BCUT2D eigenvalue weighted by atomic mass is 32.2. The topological polar surface area (TPSA) is 76.0 Å². The molecule has 0 aliphatic rings. The van der Waals surface area contributed by atoms with Crippen molar-refractivity contribution in [1.29, 1.82) is 0 Å². The number of aromatic nitrogens is 2. The van der Waals surface area contributed by atoms with E-state index in [0.29, 0.717) is 6.54 Å². The average molecular weight is 246 g/mol. The molecule has 0 amide bonds. The van der Waals surface area contributed by atoms with Crippen LogP contribution < -0.4 is 10.0 Å². The summed E-state index contributed by atoms with van der Waals surface area (Å²) in [6.07, 6.45) is 1.78. The van der Waals surface area contributed by atoms with Crippen LogP contribution in [-0.4, -0.2) is 37.0 Å². The van der Waals surface area contributed by atoms with Crippen LogP contribution in [0.25, 0.3) is 0 Å². The SMILES string of the molecule is CCNCCS(=O)(=O)NCc1ccn(C)n1. The lowest BCUT2D eigenvalue weighted by molar-refractivity contribution is 0.575. The summed E-state index contributed by atoms with van der Waals surface area (Å²) in [6.45, 7) is 3.42. The fourth-order valence-electron chi connectivity index (χ4n) is 1.20. The zero-order valence-corrected chi connectivity index (χ0v) is 10.4. The number of hydrogen-bond donors (Lipinski definition) is 2. The molecule has 6 nitrogen and oxygen atoms in total. The first kappa shape index (κ1) is 13.1. The maximum Gasteiger partial charge on any atom is 0.213 e. The molecule has 1 rings (SSSR count). The molecule has 2 N–H and O–H groups in total. The Morgan fingerprint density at radius 3 is 2.81 bits per heavy atom. The largest absolute Gasteiger partial charge is 0.316 e. The van der Waals surface area contributed by atoms with Gasteiger partial charge < -0.3 is 5.32 Å². The molecule has 0 aliphatic carbocycles. The molecular weight excluding hydrogens is 228 g/mol. The fourth-order valence-corrected chi connectivity index (χ4v) is 2.12. The van der Waals surface area contributed by atoms with Crippen molar-refractivity contribution in [3.63, 3.8) is 0 Å². The van der Waals surface area contributed by atoms with Crippen molar-refractivity contribution in [2.45, 2.75) is 13.5 Å². The summed E-state index contributed by atoms with van der Waals surface area (Å²) in [5.74, 6) is 0.0909. The minimum absolute atomic E-state index is 0.0909. The van der Waals surface area contributed by atoms with E-state index in [1.54, 1.807) is 24.0 Å². The summed E-state index contributed by atoms with van der Waals surface area (Å²) in [7, 11) is -1.41. The number of sulfonamides is 1. The Labute approximate surface area is 96.1 Å². The standard InChI is InChI=1S/C9H18N4O2S/c1-3-10-5-7-16(14,15)11-8-9-4-6-13(2)12-9/h4,6,10-11H,3,5,7-8H2,1-2H3. The van der Waals surface area contributed by atoms with Gasteiger partial charge in [-0.15, -0.1) is 0 Å². The van der Waals surface area contributed by atoms with Gasteiger partial charge in [0, 0.05) is 19.8 Å². The molecule has 7 heteroatoms. The van der Waals surface area contributed by atoms with Crippen LogP contribution in [0.5, 0.6) is 0 Å². The predicted octanol–water partition coefficient (Wildman–Crippen LogP) is -0.551. The van der Waals surface area contributed by atoms with E-state index in [2.05, 4.69) is 15.1 Å². The van der Waals surface area contributed by atoms with Crippen LogP contribution in [0.3, 0.4) is 0 Å². The van der Waals surface area contributed by atoms with Crippen LogP contribution >= 0.6 is 0 Å². The molecule has 0 saturated carbocycles. The molecule has 0 bridgehead atoms. The molecule has 0 atom stereocenters. The van der Waals surface area contributed by atoms with Gasteiger partial charge in [0.25, 0.3) is 0 Å². The number of nitrogens with one attached hydrogen (secondary N) is 2. The minimum Gasteiger partial charge on any atom is -0.316 e. The van der Waals surface area contributed by atoms with E-state index in [1.165, 1.54) is 0 Å². The van der Waals surface area contributed by atoms with Gasteiger partial charge in [-0.25, -0.2) is 13.1 Å². The number of rotatable bonds is 7. The van der Waals surface area contributed by atoms with Crippen LogP contribution in [0, 0.1) is 0 Å². The van der Waals surface area contributed by atoms with Crippen molar-refractivity contribution in [3.05, 3.63) is 18.0 Å². The van der Waals surface area contributed by atoms with Gasteiger partial charge in [-0.3, -0.25) is 4.68 Å². The third-order valence-corrected chi connectivity index (χ3v) is 3.37. The van der Waals surface area contributed by atoms with E-state index in [-0.39, 0.29) is 12.3 Å². The molecule has 0 spiro atoms. The van der Waals surface area contributed by atoms with Gasteiger partial charge in [0.2, 0.25) is 10.0 Å². The number of aryl methyl sites for hydroxylation is 1. The lowest BCUT2D eigenvalue weighted by Crippen LogP contribution is -2.31. The zero-order valence-electron chi connectivity index (χ0n) is 9.60. The van der Waals surface area contributed by atoms with Crippen molar-refractivity contribution in [1.82, 2.24) is 19.8 Å². The second-order valence-corrected chi connectivity index (χ2v) is 5.40. The van der Waals surface area contributed by atoms with Crippen molar-refractivity contribution in [2.75, 3.05) is 18.8 Å². The molecular formula is C9H18N4O2S. The first-order valence-corrected chi connectivity index (χ1v) is 6.85. The molecule has 1 heterocycles. The molecule has 0 aliphatic heterocycles. The third kappa shape index (κ3) is 4.73. The lowest BCUT2D eigenvalue weighted by Gasteiger charge is -2.05. The van der Waals surface area contributed by atoms with Crippen molar-refractivity contribution < 1.29 is 8.42 Å². The smallest absolute Gasteiger partial charge is 0.213 e. The van der Waals surface area contributed by atoms with Gasteiger partial charge in [0.15, 0.2) is 0 Å². The Bertz CT molecular complexity index is 413. The molecule has 0 radical (unpaired) electrons. The summed E-state index contributed by atoms with van der Waals surface area (Å²) < 4.78 is 27.1. The summed E-state index contributed by atoms with van der Waals surface area (Å²) in [5, 5.41) is 7.05. The van der Waals surface area contributed by atoms with E-state index >= 15 is 0 Å². The highest BCUT2D eigenvalue weighted by Gasteiger charge is 2.09. The quantitative estimate of drug-likeness (QED) is 0.633. The lowest BCUT2D eigenvalue weighted by atomic mass is 10.4. The van der Waals surface area contributed by atoms with E-state index in [9.17, 15) is 8.42 Å². The summed E-state index contributed by atoms with van der Waals surface area (Å²) in [6, 6.07) is 1.78. The van der Waals surface area contributed by atoms with Gasteiger partial charge in [0.1, 0.15) is 0 Å². The minimum atomic E-state index is -3.20. The second kappa shape index (κ2) is 5.97. The highest BCUT2D eigenvalue weighted by Crippen LogP contribution is 1.94. The van der Waals surface area contributed by atoms with Crippen LogP contribution in [-0.2, 0) is 23.6 Å². The Balaban J connectivity index is 2.36. The summed E-state index contributed by atoms with van der Waals surface area (Å²) in [4.78, 5) is 0. The van der Waals surface area contributed by atoms with Gasteiger partial charge in [0.05, 0.1) is 18.0 Å². The monoisotopic (exact) mass is 246 g/mol. The Kier molecular flexibility index (Phi) is 4.91. The van der Waals surface area contributed by atoms with Gasteiger partial charge in [-0.05, 0) is 12.6 Å². The van der Waals surface area contributed by atoms with Crippen LogP contribution in [0.1, 0.15) is 12.6 Å². The molecule has 0 fully saturated rings.